The second-order valence-corrected chi connectivity index (χ2v) is 28.2. The zero-order valence-corrected chi connectivity index (χ0v) is 57.7. The maximum Gasteiger partial charge on any atom is 0.472 e. The first kappa shape index (κ1) is 84.5. The number of carbonyl (C=O) groups is 4. The van der Waals surface area contributed by atoms with E-state index in [1.165, 1.54) is 96.3 Å². The maximum absolute atomic E-state index is 13.0. The first-order valence-corrected chi connectivity index (χ1v) is 37.7. The highest BCUT2D eigenvalue weighted by molar-refractivity contribution is 7.47. The number of hydrogen-bond acceptors (Lipinski definition) is 15. The average Bonchev–Trinajstić information content (AvgIpc) is 3.66. The Labute approximate surface area is 529 Å². The summed E-state index contributed by atoms with van der Waals surface area (Å²) in [4.78, 5) is 72.4. The second-order valence-electron chi connectivity index (χ2n) is 25.3. The molecule has 0 amide bonds. The van der Waals surface area contributed by atoms with Gasteiger partial charge in [0.2, 0.25) is 0 Å². The molecule has 0 saturated heterocycles. The topological polar surface area (TPSA) is 237 Å². The van der Waals surface area contributed by atoms with E-state index >= 15 is 0 Å². The van der Waals surface area contributed by atoms with E-state index in [2.05, 4.69) is 72.8 Å². The van der Waals surface area contributed by atoms with Gasteiger partial charge in [0.25, 0.3) is 0 Å². The zero-order chi connectivity index (χ0) is 64.5. The Hall–Kier alpha value is -2.46. The molecule has 0 aliphatic heterocycles. The van der Waals surface area contributed by atoms with Crippen molar-refractivity contribution < 1.29 is 80.2 Å². The Bertz CT molecular complexity index is 1810. The number of phosphoric acid groups is 2. The molecule has 0 radical (unpaired) electrons. The van der Waals surface area contributed by atoms with E-state index in [0.29, 0.717) is 43.4 Å². The molecule has 512 valence electrons. The third kappa shape index (κ3) is 62.1. The first-order valence-electron chi connectivity index (χ1n) is 34.7. The average molecular weight is 1280 g/mol. The van der Waals surface area contributed by atoms with Gasteiger partial charge in [0, 0.05) is 25.7 Å². The van der Waals surface area contributed by atoms with Gasteiger partial charge in [-0.25, -0.2) is 9.13 Å². The van der Waals surface area contributed by atoms with Crippen LogP contribution in [0.3, 0.4) is 0 Å². The van der Waals surface area contributed by atoms with Gasteiger partial charge in [-0.2, -0.15) is 0 Å². The molecule has 17 nitrogen and oxygen atoms in total. The van der Waals surface area contributed by atoms with Crippen molar-refractivity contribution in [2.75, 3.05) is 39.6 Å². The van der Waals surface area contributed by atoms with Crippen LogP contribution in [-0.4, -0.2) is 96.7 Å². The fraction of sp³-hybridized carbons (Fsp3) is 0.882. The summed E-state index contributed by atoms with van der Waals surface area (Å²) in [5.41, 5.74) is 0. The molecule has 3 N–H and O–H groups in total. The van der Waals surface area contributed by atoms with E-state index in [1.807, 2.05) is 0 Å². The molecule has 0 bridgehead atoms. The Kier molecular flexibility index (Phi) is 57.0. The highest BCUT2D eigenvalue weighted by Crippen LogP contribution is 2.45. The molecule has 0 aromatic rings. The smallest absolute Gasteiger partial charge is 0.462 e. The normalized spacial score (nSPS) is 14.4. The summed E-state index contributed by atoms with van der Waals surface area (Å²) < 4.78 is 68.1. The van der Waals surface area contributed by atoms with Gasteiger partial charge < -0.3 is 33.8 Å². The molecule has 0 spiro atoms. The van der Waals surface area contributed by atoms with Crippen molar-refractivity contribution >= 4 is 39.5 Å². The van der Waals surface area contributed by atoms with Crippen LogP contribution >= 0.6 is 15.6 Å². The predicted octanol–water partition coefficient (Wildman–Crippen LogP) is 18.6. The summed E-state index contributed by atoms with van der Waals surface area (Å²) in [6.45, 7) is 11.6. The van der Waals surface area contributed by atoms with Crippen LogP contribution < -0.4 is 0 Å². The molecule has 0 fully saturated rings. The van der Waals surface area contributed by atoms with Crippen LogP contribution in [-0.2, 0) is 65.4 Å². The number of esters is 4. The number of hydrogen-bond donors (Lipinski definition) is 3. The van der Waals surface area contributed by atoms with Crippen LogP contribution in [0.25, 0.3) is 0 Å². The Balaban J connectivity index is 5.27. The molecule has 19 heteroatoms. The summed E-state index contributed by atoms with van der Waals surface area (Å²) in [5, 5.41) is 10.6. The van der Waals surface area contributed by atoms with Crippen LogP contribution in [0.15, 0.2) is 24.3 Å². The quantitative estimate of drug-likeness (QED) is 0.0169. The van der Waals surface area contributed by atoms with E-state index in [0.717, 1.165) is 116 Å². The third-order valence-corrected chi connectivity index (χ3v) is 16.9. The number of ether oxygens (including phenoxy) is 4. The molecule has 87 heavy (non-hydrogen) atoms. The van der Waals surface area contributed by atoms with Crippen molar-refractivity contribution in [3.63, 3.8) is 0 Å². The van der Waals surface area contributed by atoms with Crippen molar-refractivity contribution in [2.45, 2.75) is 330 Å². The molecule has 0 aliphatic rings. The van der Waals surface area contributed by atoms with E-state index in [1.54, 1.807) is 0 Å². The van der Waals surface area contributed by atoms with Crippen molar-refractivity contribution in [1.82, 2.24) is 0 Å². The van der Waals surface area contributed by atoms with Crippen LogP contribution in [0.5, 0.6) is 0 Å². The van der Waals surface area contributed by atoms with E-state index < -0.39 is 97.5 Å². The van der Waals surface area contributed by atoms with E-state index in [4.69, 9.17) is 37.0 Å². The lowest BCUT2D eigenvalue weighted by Gasteiger charge is -2.21. The standard InChI is InChI=1S/C68H128O17P2/c1-8-9-10-11-12-13-14-15-16-17-18-19-28-35-42-49-65(70)78-55-63(84-67(72)51-44-37-29-22-20-25-32-39-46-59(2)3)57-82-86(74,75)80-53-62(69)54-81-87(76,77)83-58-64(56-79-66(71)50-43-36-31-24-27-34-41-48-61(6)7)85-68(73)52-45-38-30-23-21-26-33-40-47-60(4)5/h13-16,59-64,69H,8-12,17-58H2,1-7H3,(H,74,75)(H,76,77)/b14-13-,16-15-/t62?,63-,64-/m1/s1. The van der Waals surface area contributed by atoms with Crippen molar-refractivity contribution in [3.05, 3.63) is 24.3 Å². The lowest BCUT2D eigenvalue weighted by molar-refractivity contribution is -0.161. The number of aliphatic hydroxyl groups excluding tert-OH is 1. The van der Waals surface area contributed by atoms with Crippen molar-refractivity contribution in [3.8, 4) is 0 Å². The molecule has 0 rings (SSSR count). The van der Waals surface area contributed by atoms with Crippen molar-refractivity contribution in [2.24, 2.45) is 17.8 Å². The lowest BCUT2D eigenvalue weighted by atomic mass is 10.0. The van der Waals surface area contributed by atoms with Crippen LogP contribution in [0.1, 0.15) is 312 Å². The summed E-state index contributed by atoms with van der Waals surface area (Å²) in [6.07, 6.45) is 44.1. The molecule has 0 aromatic heterocycles. The zero-order valence-electron chi connectivity index (χ0n) is 56.0. The summed E-state index contributed by atoms with van der Waals surface area (Å²) >= 11 is 0. The van der Waals surface area contributed by atoms with Gasteiger partial charge in [0.1, 0.15) is 19.3 Å². The molecular weight excluding hydrogens is 1150 g/mol. The molecule has 3 unspecified atom stereocenters. The number of unbranched alkanes of at least 4 members (excludes halogenated alkanes) is 29. The minimum Gasteiger partial charge on any atom is -0.462 e. The lowest BCUT2D eigenvalue weighted by Crippen LogP contribution is -2.30. The number of allylic oxidation sites excluding steroid dienone is 4. The molecular formula is C68H128O17P2. The summed E-state index contributed by atoms with van der Waals surface area (Å²) in [6, 6.07) is 0. The number of phosphoric ester groups is 2. The first-order chi connectivity index (χ1) is 41.7. The fourth-order valence-corrected chi connectivity index (χ4v) is 11.2. The molecule has 0 aromatic carbocycles. The Morgan fingerprint density at radius 2 is 0.621 bits per heavy atom. The molecule has 5 atom stereocenters. The fourth-order valence-electron chi connectivity index (χ4n) is 9.65. The summed E-state index contributed by atoms with van der Waals surface area (Å²) in [7, 11) is -9.91. The van der Waals surface area contributed by atoms with Gasteiger partial charge in [-0.3, -0.25) is 37.3 Å². The van der Waals surface area contributed by atoms with E-state index in [-0.39, 0.29) is 25.7 Å². The minimum absolute atomic E-state index is 0.0970. The Morgan fingerprint density at radius 3 is 0.931 bits per heavy atom. The highest BCUT2D eigenvalue weighted by Gasteiger charge is 2.30. The minimum atomic E-state index is -4.96. The van der Waals surface area contributed by atoms with E-state index in [9.17, 15) is 43.2 Å². The van der Waals surface area contributed by atoms with Gasteiger partial charge in [0.05, 0.1) is 26.4 Å². The number of aliphatic hydroxyl groups is 1. The third-order valence-electron chi connectivity index (χ3n) is 15.0. The second kappa shape index (κ2) is 58.6. The predicted molar refractivity (Wildman–Crippen MR) is 349 cm³/mol. The molecule has 0 heterocycles. The monoisotopic (exact) mass is 1280 g/mol. The number of rotatable bonds is 64. The number of carbonyl (C=O) groups excluding carboxylic acids is 4. The highest BCUT2D eigenvalue weighted by atomic mass is 31.2. The van der Waals surface area contributed by atoms with Gasteiger partial charge in [-0.15, -0.1) is 0 Å². The molecule has 0 aliphatic carbocycles. The molecule has 0 saturated carbocycles. The van der Waals surface area contributed by atoms with Crippen LogP contribution in [0.2, 0.25) is 0 Å². The van der Waals surface area contributed by atoms with Gasteiger partial charge in [-0.1, -0.05) is 259 Å². The maximum atomic E-state index is 13.0. The summed E-state index contributed by atoms with van der Waals surface area (Å²) in [5.74, 6) is -0.0291. The van der Waals surface area contributed by atoms with Crippen molar-refractivity contribution in [1.29, 1.82) is 0 Å². The van der Waals surface area contributed by atoms with Gasteiger partial charge >= 0.3 is 39.5 Å². The van der Waals surface area contributed by atoms with Crippen LogP contribution in [0, 0.1) is 17.8 Å². The van der Waals surface area contributed by atoms with Gasteiger partial charge in [0.15, 0.2) is 12.2 Å². The Morgan fingerprint density at radius 1 is 0.356 bits per heavy atom. The van der Waals surface area contributed by atoms with Gasteiger partial charge in [-0.05, 0) is 69.1 Å². The van der Waals surface area contributed by atoms with Crippen LogP contribution in [0.4, 0.5) is 0 Å². The SMILES string of the molecule is CCCCCC/C=C\C=C/CCCCCCCC(=O)OC[C@H](COP(=O)(O)OCC(O)COP(=O)(O)OC[C@@H](COC(=O)CCCCCCCCCC(C)C)OC(=O)CCCCCCCCCCC(C)C)OC(=O)CCCCCCCCCCC(C)C. The largest absolute Gasteiger partial charge is 0.472 e.